The molecule has 1 aliphatic rings. The fourth-order valence-electron chi connectivity index (χ4n) is 2.76. The van der Waals surface area contributed by atoms with Crippen molar-refractivity contribution >= 4 is 38.0 Å². The lowest BCUT2D eigenvalue weighted by Crippen LogP contribution is -2.25. The van der Waals surface area contributed by atoms with E-state index in [-0.39, 0.29) is 11.0 Å². The van der Waals surface area contributed by atoms with Crippen LogP contribution in [0.5, 0.6) is 5.75 Å². The van der Waals surface area contributed by atoms with Crippen LogP contribution in [0.1, 0.15) is 12.8 Å². The molecule has 2 aromatic rings. The standard InChI is InChI=1S/C15H17ClN2O3S/c1-21-10-4-5-14-12(7-10)15(13(16)9-17-14)18-8-11-3-2-6-22(11,19)20/h4-5,7,9,11H,2-3,6,8H2,1H3,(H,17,18). The van der Waals surface area contributed by atoms with Crippen molar-refractivity contribution in [3.8, 4) is 5.75 Å². The predicted molar refractivity (Wildman–Crippen MR) is 88.6 cm³/mol. The Morgan fingerprint density at radius 1 is 1.45 bits per heavy atom. The lowest BCUT2D eigenvalue weighted by atomic mass is 10.1. The Kier molecular flexibility index (Phi) is 4.14. The summed E-state index contributed by atoms with van der Waals surface area (Å²) in [6.45, 7) is 0.360. The van der Waals surface area contributed by atoms with Crippen molar-refractivity contribution in [2.45, 2.75) is 18.1 Å². The largest absolute Gasteiger partial charge is 0.497 e. The molecule has 0 radical (unpaired) electrons. The van der Waals surface area contributed by atoms with E-state index in [4.69, 9.17) is 16.3 Å². The number of methoxy groups -OCH3 is 1. The quantitative estimate of drug-likeness (QED) is 0.926. The molecule has 1 unspecified atom stereocenters. The van der Waals surface area contributed by atoms with Crippen LogP contribution in [0.15, 0.2) is 24.4 Å². The van der Waals surface area contributed by atoms with Crippen molar-refractivity contribution in [2.75, 3.05) is 24.7 Å². The number of ether oxygens (including phenoxy) is 1. The van der Waals surface area contributed by atoms with Gasteiger partial charge in [-0.3, -0.25) is 4.98 Å². The number of benzene rings is 1. The molecule has 118 valence electrons. The molecule has 0 bridgehead atoms. The average Bonchev–Trinajstić information content (AvgIpc) is 2.84. The minimum Gasteiger partial charge on any atom is -0.497 e. The fraction of sp³-hybridized carbons (Fsp3) is 0.400. The summed E-state index contributed by atoms with van der Waals surface area (Å²) >= 11 is 6.24. The Labute approximate surface area is 134 Å². The molecule has 0 aliphatic carbocycles. The zero-order valence-corrected chi connectivity index (χ0v) is 13.7. The Morgan fingerprint density at radius 3 is 2.95 bits per heavy atom. The maximum absolute atomic E-state index is 11.9. The molecular weight excluding hydrogens is 324 g/mol. The van der Waals surface area contributed by atoms with Gasteiger partial charge >= 0.3 is 0 Å². The Morgan fingerprint density at radius 2 is 2.27 bits per heavy atom. The number of hydrogen-bond donors (Lipinski definition) is 1. The highest BCUT2D eigenvalue weighted by molar-refractivity contribution is 7.92. The van der Waals surface area contributed by atoms with Gasteiger partial charge in [0.05, 0.1) is 34.3 Å². The minimum absolute atomic E-state index is 0.276. The van der Waals surface area contributed by atoms with Crippen LogP contribution in [-0.2, 0) is 9.84 Å². The van der Waals surface area contributed by atoms with Crippen LogP contribution in [0.3, 0.4) is 0 Å². The van der Waals surface area contributed by atoms with Crippen LogP contribution in [0.4, 0.5) is 5.69 Å². The first kappa shape index (κ1) is 15.4. The van der Waals surface area contributed by atoms with Gasteiger partial charge in [0, 0.05) is 18.1 Å². The number of rotatable bonds is 4. The van der Waals surface area contributed by atoms with Crippen molar-refractivity contribution in [1.29, 1.82) is 0 Å². The van der Waals surface area contributed by atoms with E-state index in [1.165, 1.54) is 0 Å². The van der Waals surface area contributed by atoms with Crippen LogP contribution in [0.25, 0.3) is 10.9 Å². The van der Waals surface area contributed by atoms with Crippen molar-refractivity contribution < 1.29 is 13.2 Å². The van der Waals surface area contributed by atoms with Crippen LogP contribution < -0.4 is 10.1 Å². The van der Waals surface area contributed by atoms with Crippen LogP contribution >= 0.6 is 11.6 Å². The first-order valence-corrected chi connectivity index (χ1v) is 9.18. The summed E-state index contributed by atoms with van der Waals surface area (Å²) in [5, 5.41) is 4.14. The van der Waals surface area contributed by atoms with E-state index in [0.29, 0.717) is 29.4 Å². The number of nitrogens with zero attached hydrogens (tertiary/aromatic N) is 1. The smallest absolute Gasteiger partial charge is 0.154 e. The Bertz CT molecular complexity index is 808. The summed E-state index contributed by atoms with van der Waals surface area (Å²) in [5.74, 6) is 0.978. The molecule has 3 rings (SSSR count). The van der Waals surface area contributed by atoms with Crippen LogP contribution in [-0.4, -0.2) is 38.1 Å². The summed E-state index contributed by atoms with van der Waals surface area (Å²) < 4.78 is 29.1. The SMILES string of the molecule is COc1ccc2ncc(Cl)c(NCC3CCCS3(=O)=O)c2c1. The number of sulfone groups is 1. The summed E-state index contributed by atoms with van der Waals surface area (Å²) in [6.07, 6.45) is 2.99. The van der Waals surface area contributed by atoms with Crippen LogP contribution in [0, 0.1) is 0 Å². The van der Waals surface area contributed by atoms with E-state index in [0.717, 1.165) is 17.3 Å². The van der Waals surface area contributed by atoms with Crippen molar-refractivity contribution in [3.63, 3.8) is 0 Å². The second-order valence-electron chi connectivity index (χ2n) is 5.38. The highest BCUT2D eigenvalue weighted by atomic mass is 35.5. The van der Waals surface area contributed by atoms with Gasteiger partial charge in [-0.25, -0.2) is 8.42 Å². The van der Waals surface area contributed by atoms with Gasteiger partial charge in [-0.2, -0.15) is 0 Å². The molecular formula is C15H17ClN2O3S. The number of pyridine rings is 1. The first-order valence-electron chi connectivity index (χ1n) is 7.09. The van der Waals surface area contributed by atoms with Crippen molar-refractivity contribution in [2.24, 2.45) is 0 Å². The predicted octanol–water partition coefficient (Wildman–Crippen LogP) is 2.89. The third-order valence-corrected chi connectivity index (χ3v) is 6.56. The second kappa shape index (κ2) is 5.93. The monoisotopic (exact) mass is 340 g/mol. The van der Waals surface area contributed by atoms with E-state index in [2.05, 4.69) is 10.3 Å². The molecule has 1 fully saturated rings. The van der Waals surface area contributed by atoms with Crippen molar-refractivity contribution in [3.05, 3.63) is 29.4 Å². The minimum atomic E-state index is -2.98. The van der Waals surface area contributed by atoms with E-state index in [1.54, 1.807) is 13.3 Å². The zero-order valence-electron chi connectivity index (χ0n) is 12.2. The lowest BCUT2D eigenvalue weighted by Gasteiger charge is -2.15. The topological polar surface area (TPSA) is 68.3 Å². The van der Waals surface area contributed by atoms with E-state index in [9.17, 15) is 8.42 Å². The molecule has 22 heavy (non-hydrogen) atoms. The number of aromatic nitrogens is 1. The van der Waals surface area contributed by atoms with Gasteiger partial charge < -0.3 is 10.1 Å². The zero-order chi connectivity index (χ0) is 15.7. The fourth-order valence-corrected chi connectivity index (χ4v) is 4.74. The van der Waals surface area contributed by atoms with Gasteiger partial charge in [0.25, 0.3) is 0 Å². The lowest BCUT2D eigenvalue weighted by molar-refractivity contribution is 0.415. The molecule has 0 saturated carbocycles. The highest BCUT2D eigenvalue weighted by Crippen LogP contribution is 2.32. The first-order chi connectivity index (χ1) is 10.5. The molecule has 1 aromatic carbocycles. The summed E-state index contributed by atoms with van der Waals surface area (Å²) in [6, 6.07) is 5.52. The number of hydrogen-bond acceptors (Lipinski definition) is 5. The third kappa shape index (κ3) is 2.85. The molecule has 1 saturated heterocycles. The summed E-state index contributed by atoms with van der Waals surface area (Å²) in [4.78, 5) is 4.28. The Hall–Kier alpha value is -1.53. The highest BCUT2D eigenvalue weighted by Gasteiger charge is 2.31. The van der Waals surface area contributed by atoms with Crippen LogP contribution in [0.2, 0.25) is 5.02 Å². The third-order valence-electron chi connectivity index (χ3n) is 4.00. The normalized spacial score (nSPS) is 20.2. The van der Waals surface area contributed by atoms with Gasteiger partial charge in [-0.05, 0) is 31.0 Å². The van der Waals surface area contributed by atoms with E-state index < -0.39 is 9.84 Å². The molecule has 1 N–H and O–H groups in total. The molecule has 1 aromatic heterocycles. The van der Waals surface area contributed by atoms with Gasteiger partial charge in [0.1, 0.15) is 5.75 Å². The molecule has 0 amide bonds. The Balaban J connectivity index is 1.93. The van der Waals surface area contributed by atoms with E-state index in [1.807, 2.05) is 18.2 Å². The molecule has 2 heterocycles. The van der Waals surface area contributed by atoms with Gasteiger partial charge in [0.15, 0.2) is 9.84 Å². The average molecular weight is 341 g/mol. The number of fused-ring (bicyclic) bond motifs is 1. The number of anilines is 1. The number of nitrogens with one attached hydrogen (secondary N) is 1. The molecule has 0 spiro atoms. The molecule has 5 nitrogen and oxygen atoms in total. The maximum Gasteiger partial charge on any atom is 0.154 e. The molecule has 7 heteroatoms. The molecule has 1 atom stereocenters. The number of halogens is 1. The van der Waals surface area contributed by atoms with Gasteiger partial charge in [-0.1, -0.05) is 11.6 Å². The summed E-state index contributed by atoms with van der Waals surface area (Å²) in [7, 11) is -1.39. The maximum atomic E-state index is 11.9. The van der Waals surface area contributed by atoms with Gasteiger partial charge in [-0.15, -0.1) is 0 Å². The van der Waals surface area contributed by atoms with Gasteiger partial charge in [0.2, 0.25) is 0 Å². The van der Waals surface area contributed by atoms with E-state index >= 15 is 0 Å². The summed E-state index contributed by atoms with van der Waals surface area (Å²) in [5.41, 5.74) is 1.48. The second-order valence-corrected chi connectivity index (χ2v) is 8.18. The van der Waals surface area contributed by atoms with Crippen molar-refractivity contribution in [1.82, 2.24) is 4.98 Å². The molecule has 1 aliphatic heterocycles.